The molecule has 2 aromatic carbocycles. The summed E-state index contributed by atoms with van der Waals surface area (Å²) in [6.07, 6.45) is 1.79. The lowest BCUT2D eigenvalue weighted by Gasteiger charge is -2.40. The van der Waals surface area contributed by atoms with Crippen molar-refractivity contribution >= 4 is 0 Å². The van der Waals surface area contributed by atoms with Gasteiger partial charge in [0.15, 0.2) is 11.5 Å². The number of methoxy groups -OCH3 is 2. The molecule has 1 heterocycles. The summed E-state index contributed by atoms with van der Waals surface area (Å²) in [6.45, 7) is 3.75. The fourth-order valence-corrected chi connectivity index (χ4v) is 3.75. The van der Waals surface area contributed by atoms with E-state index in [2.05, 4.69) is 24.0 Å². The predicted molar refractivity (Wildman–Crippen MR) is 101 cm³/mol. The summed E-state index contributed by atoms with van der Waals surface area (Å²) >= 11 is 0. The summed E-state index contributed by atoms with van der Waals surface area (Å²) in [5, 5.41) is 0. The maximum Gasteiger partial charge on any atom is 0.161 e. The van der Waals surface area contributed by atoms with Gasteiger partial charge in [0.25, 0.3) is 0 Å². The van der Waals surface area contributed by atoms with Gasteiger partial charge in [-0.05, 0) is 53.8 Å². The van der Waals surface area contributed by atoms with Crippen LogP contribution in [0.25, 0.3) is 0 Å². The van der Waals surface area contributed by atoms with Crippen LogP contribution in [0.1, 0.15) is 36.1 Å². The molecule has 2 N–H and O–H groups in total. The van der Waals surface area contributed by atoms with Crippen LogP contribution in [0.3, 0.4) is 0 Å². The van der Waals surface area contributed by atoms with Gasteiger partial charge in [0.05, 0.1) is 20.3 Å². The van der Waals surface area contributed by atoms with Crippen molar-refractivity contribution in [2.45, 2.75) is 38.4 Å². The highest BCUT2D eigenvalue weighted by Crippen LogP contribution is 2.40. The number of halogens is 1. The molecule has 0 aliphatic carbocycles. The Morgan fingerprint density at radius 1 is 1.15 bits per heavy atom. The number of nitrogens with two attached hydrogens (primary N) is 1. The van der Waals surface area contributed by atoms with Crippen LogP contribution in [0, 0.1) is 5.82 Å². The molecular weight excluding hydrogens is 331 g/mol. The fraction of sp³-hybridized carbons (Fsp3) is 0.429. The molecule has 0 spiro atoms. The maximum absolute atomic E-state index is 13.2. The van der Waals surface area contributed by atoms with Crippen LogP contribution in [0.5, 0.6) is 11.5 Å². The van der Waals surface area contributed by atoms with Crippen LogP contribution in [-0.4, -0.2) is 31.7 Å². The van der Waals surface area contributed by atoms with E-state index in [1.807, 2.05) is 12.1 Å². The molecule has 0 unspecified atom stereocenters. The largest absolute Gasteiger partial charge is 0.493 e. The molecule has 0 bridgehead atoms. The average Bonchev–Trinajstić information content (AvgIpc) is 2.67. The summed E-state index contributed by atoms with van der Waals surface area (Å²) in [4.78, 5) is 2.38. The van der Waals surface area contributed by atoms with E-state index < -0.39 is 0 Å². The number of benzene rings is 2. The molecule has 1 aliphatic rings. The molecule has 2 aromatic rings. The average molecular weight is 358 g/mol. The number of hydrogen-bond donors (Lipinski definition) is 1. The molecule has 0 saturated heterocycles. The van der Waals surface area contributed by atoms with E-state index in [-0.39, 0.29) is 17.9 Å². The highest BCUT2D eigenvalue weighted by molar-refractivity contribution is 5.50. The Bertz CT molecular complexity index is 748. The number of rotatable bonds is 6. The molecule has 2 atom stereocenters. The molecule has 3 rings (SSSR count). The third-order valence-corrected chi connectivity index (χ3v) is 5.20. The molecule has 0 saturated carbocycles. The first-order valence-corrected chi connectivity index (χ1v) is 9.06. The summed E-state index contributed by atoms with van der Waals surface area (Å²) in [7, 11) is 3.31. The lowest BCUT2D eigenvalue weighted by atomic mass is 9.86. The van der Waals surface area contributed by atoms with Gasteiger partial charge in [-0.1, -0.05) is 19.1 Å². The van der Waals surface area contributed by atoms with Crippen molar-refractivity contribution in [3.05, 3.63) is 58.9 Å². The van der Waals surface area contributed by atoms with Gasteiger partial charge >= 0.3 is 0 Å². The van der Waals surface area contributed by atoms with Crippen LogP contribution >= 0.6 is 0 Å². The Labute approximate surface area is 154 Å². The minimum atomic E-state index is -0.212. The topological polar surface area (TPSA) is 47.7 Å². The third kappa shape index (κ3) is 3.69. The predicted octanol–water partition coefficient (Wildman–Crippen LogP) is 3.68. The Kier molecular flexibility index (Phi) is 5.79. The van der Waals surface area contributed by atoms with Crippen molar-refractivity contribution in [2.24, 2.45) is 5.73 Å². The van der Waals surface area contributed by atoms with Crippen LogP contribution < -0.4 is 15.2 Å². The molecule has 5 heteroatoms. The Morgan fingerprint density at radius 2 is 1.81 bits per heavy atom. The number of hydrogen-bond acceptors (Lipinski definition) is 4. The van der Waals surface area contributed by atoms with Crippen molar-refractivity contribution in [1.82, 2.24) is 4.90 Å². The molecule has 0 radical (unpaired) electrons. The molecule has 1 aliphatic heterocycles. The van der Waals surface area contributed by atoms with Gasteiger partial charge in [0.1, 0.15) is 5.82 Å². The third-order valence-electron chi connectivity index (χ3n) is 5.20. The zero-order valence-electron chi connectivity index (χ0n) is 15.7. The van der Waals surface area contributed by atoms with Crippen LogP contribution in [0.15, 0.2) is 36.4 Å². The molecule has 0 amide bonds. The number of ether oxygens (including phenoxy) is 2. The van der Waals surface area contributed by atoms with E-state index in [0.717, 1.165) is 43.0 Å². The summed E-state index contributed by atoms with van der Waals surface area (Å²) in [5.74, 6) is 1.27. The van der Waals surface area contributed by atoms with Crippen molar-refractivity contribution in [3.63, 3.8) is 0 Å². The van der Waals surface area contributed by atoms with E-state index >= 15 is 0 Å². The fourth-order valence-electron chi connectivity index (χ4n) is 3.75. The van der Waals surface area contributed by atoms with E-state index in [4.69, 9.17) is 15.2 Å². The van der Waals surface area contributed by atoms with Crippen LogP contribution in [0.4, 0.5) is 4.39 Å². The second kappa shape index (κ2) is 8.06. The maximum atomic E-state index is 13.2. The van der Waals surface area contributed by atoms with Gasteiger partial charge < -0.3 is 15.2 Å². The van der Waals surface area contributed by atoms with E-state index in [0.29, 0.717) is 0 Å². The first kappa shape index (κ1) is 18.7. The lowest BCUT2D eigenvalue weighted by Crippen LogP contribution is -2.44. The van der Waals surface area contributed by atoms with Crippen molar-refractivity contribution in [3.8, 4) is 11.5 Å². The Hall–Kier alpha value is -2.11. The normalized spacial score (nSPS) is 18.3. The molecule has 4 nitrogen and oxygen atoms in total. The van der Waals surface area contributed by atoms with Crippen molar-refractivity contribution in [1.29, 1.82) is 0 Å². The highest BCUT2D eigenvalue weighted by atomic mass is 19.1. The lowest BCUT2D eigenvalue weighted by molar-refractivity contribution is 0.148. The molecule has 26 heavy (non-hydrogen) atoms. The number of nitrogens with zero attached hydrogens (tertiary/aromatic N) is 1. The summed E-state index contributed by atoms with van der Waals surface area (Å²) < 4.78 is 24.2. The van der Waals surface area contributed by atoms with Gasteiger partial charge in [-0.25, -0.2) is 4.39 Å². The van der Waals surface area contributed by atoms with Crippen LogP contribution in [-0.2, 0) is 13.0 Å². The van der Waals surface area contributed by atoms with E-state index in [9.17, 15) is 4.39 Å². The van der Waals surface area contributed by atoms with E-state index in [1.165, 1.54) is 23.3 Å². The van der Waals surface area contributed by atoms with Gasteiger partial charge in [0.2, 0.25) is 0 Å². The van der Waals surface area contributed by atoms with Crippen LogP contribution in [0.2, 0.25) is 0 Å². The van der Waals surface area contributed by atoms with Crippen molar-refractivity contribution in [2.75, 3.05) is 20.8 Å². The SMILES string of the molecule is CC[C@@H](N)[C@@H]1c2cc(OC)c(OC)cc2CCN1Cc1ccc(F)cc1. The number of fused-ring (bicyclic) bond motifs is 1. The zero-order chi connectivity index (χ0) is 18.7. The van der Waals surface area contributed by atoms with Gasteiger partial charge in [-0.3, -0.25) is 4.90 Å². The first-order chi connectivity index (χ1) is 12.6. The Balaban J connectivity index is 1.96. The molecule has 0 fully saturated rings. The standard InChI is InChI=1S/C21H27FN2O2/c1-4-18(23)21-17-12-20(26-3)19(25-2)11-15(17)9-10-24(21)13-14-5-7-16(22)8-6-14/h5-8,11-12,18,21H,4,9-10,13,23H2,1-3H3/t18-,21+/m1/s1. The van der Waals surface area contributed by atoms with E-state index in [1.54, 1.807) is 14.2 Å². The summed E-state index contributed by atoms with van der Waals surface area (Å²) in [5.41, 5.74) is 10.1. The molecule has 0 aromatic heterocycles. The smallest absolute Gasteiger partial charge is 0.161 e. The van der Waals surface area contributed by atoms with Gasteiger partial charge in [-0.15, -0.1) is 0 Å². The second-order valence-corrected chi connectivity index (χ2v) is 6.77. The zero-order valence-corrected chi connectivity index (χ0v) is 15.7. The minimum absolute atomic E-state index is 0.00704. The monoisotopic (exact) mass is 358 g/mol. The summed E-state index contributed by atoms with van der Waals surface area (Å²) in [6, 6.07) is 10.9. The first-order valence-electron chi connectivity index (χ1n) is 9.06. The molecule has 140 valence electrons. The highest BCUT2D eigenvalue weighted by Gasteiger charge is 2.32. The quantitative estimate of drug-likeness (QED) is 0.856. The minimum Gasteiger partial charge on any atom is -0.493 e. The van der Waals surface area contributed by atoms with Gasteiger partial charge in [0, 0.05) is 19.1 Å². The van der Waals surface area contributed by atoms with Gasteiger partial charge in [-0.2, -0.15) is 0 Å². The second-order valence-electron chi connectivity index (χ2n) is 6.77. The van der Waals surface area contributed by atoms with Crippen molar-refractivity contribution < 1.29 is 13.9 Å². The molecular formula is C21H27FN2O2. The Morgan fingerprint density at radius 3 is 2.42 bits per heavy atom.